The highest BCUT2D eigenvalue weighted by Crippen LogP contribution is 2.23. The molecule has 1 atom stereocenters. The lowest BCUT2D eigenvalue weighted by Gasteiger charge is -2.17. The fourth-order valence-electron chi connectivity index (χ4n) is 2.12. The number of nitrogens with one attached hydrogen (secondary N) is 1. The standard InChI is InChI=1S/C15H15BrF2N2/c1-9-4-11(2-3-14(9)18)15(20-19)7-10-5-12(16)8-13(17)6-10/h2-6,8,15,20H,7,19H2,1H3. The van der Waals surface area contributed by atoms with Gasteiger partial charge in [-0.3, -0.25) is 11.3 Å². The van der Waals surface area contributed by atoms with Gasteiger partial charge in [0, 0.05) is 10.5 Å². The van der Waals surface area contributed by atoms with Crippen LogP contribution in [0.1, 0.15) is 22.7 Å². The van der Waals surface area contributed by atoms with Gasteiger partial charge in [0.2, 0.25) is 0 Å². The summed E-state index contributed by atoms with van der Waals surface area (Å²) in [6.07, 6.45) is 0.512. The van der Waals surface area contributed by atoms with E-state index in [1.54, 1.807) is 19.1 Å². The van der Waals surface area contributed by atoms with E-state index in [-0.39, 0.29) is 17.7 Å². The first-order chi connectivity index (χ1) is 9.49. The first-order valence-electron chi connectivity index (χ1n) is 6.16. The molecule has 0 saturated heterocycles. The van der Waals surface area contributed by atoms with E-state index in [0.717, 1.165) is 11.1 Å². The van der Waals surface area contributed by atoms with E-state index >= 15 is 0 Å². The summed E-state index contributed by atoms with van der Waals surface area (Å²) < 4.78 is 27.3. The van der Waals surface area contributed by atoms with Gasteiger partial charge >= 0.3 is 0 Å². The number of nitrogens with two attached hydrogens (primary N) is 1. The van der Waals surface area contributed by atoms with Gasteiger partial charge in [-0.05, 0) is 54.3 Å². The molecular weight excluding hydrogens is 326 g/mol. The predicted octanol–water partition coefficient (Wildman–Crippen LogP) is 3.78. The van der Waals surface area contributed by atoms with Gasteiger partial charge < -0.3 is 0 Å². The van der Waals surface area contributed by atoms with Crippen LogP contribution in [-0.2, 0) is 6.42 Å². The fourth-order valence-corrected chi connectivity index (χ4v) is 2.63. The molecule has 0 aromatic heterocycles. The largest absolute Gasteiger partial charge is 0.271 e. The van der Waals surface area contributed by atoms with Crippen LogP contribution in [0.25, 0.3) is 0 Å². The van der Waals surface area contributed by atoms with Crippen molar-refractivity contribution in [2.24, 2.45) is 5.84 Å². The maximum atomic E-state index is 13.4. The van der Waals surface area contributed by atoms with Crippen LogP contribution >= 0.6 is 15.9 Å². The second-order valence-electron chi connectivity index (χ2n) is 4.71. The van der Waals surface area contributed by atoms with Crippen molar-refractivity contribution in [2.75, 3.05) is 0 Å². The molecule has 0 radical (unpaired) electrons. The Bertz CT molecular complexity index is 597. The van der Waals surface area contributed by atoms with Crippen LogP contribution in [0.2, 0.25) is 0 Å². The molecule has 0 bridgehead atoms. The topological polar surface area (TPSA) is 38.0 Å². The summed E-state index contributed by atoms with van der Waals surface area (Å²) in [6, 6.07) is 9.33. The minimum Gasteiger partial charge on any atom is -0.271 e. The van der Waals surface area contributed by atoms with Crippen LogP contribution in [0.3, 0.4) is 0 Å². The molecule has 0 aliphatic rings. The van der Waals surface area contributed by atoms with E-state index in [2.05, 4.69) is 21.4 Å². The van der Waals surface area contributed by atoms with Crippen molar-refractivity contribution in [1.82, 2.24) is 5.43 Å². The second-order valence-corrected chi connectivity index (χ2v) is 5.63. The average molecular weight is 341 g/mol. The number of aryl methyl sites for hydroxylation is 1. The molecule has 106 valence electrons. The summed E-state index contributed by atoms with van der Waals surface area (Å²) in [6.45, 7) is 1.70. The number of benzene rings is 2. The molecule has 2 aromatic rings. The van der Waals surface area contributed by atoms with Crippen LogP contribution in [0.15, 0.2) is 40.9 Å². The van der Waals surface area contributed by atoms with Gasteiger partial charge in [0.15, 0.2) is 0 Å². The summed E-state index contributed by atoms with van der Waals surface area (Å²) in [5, 5.41) is 0. The van der Waals surface area contributed by atoms with E-state index in [4.69, 9.17) is 5.84 Å². The number of hydrogen-bond donors (Lipinski definition) is 2. The molecule has 0 aliphatic heterocycles. The van der Waals surface area contributed by atoms with Crippen molar-refractivity contribution >= 4 is 15.9 Å². The summed E-state index contributed by atoms with van der Waals surface area (Å²) in [5.41, 5.74) is 4.93. The normalized spacial score (nSPS) is 12.4. The Balaban J connectivity index is 2.26. The van der Waals surface area contributed by atoms with Crippen LogP contribution in [0.5, 0.6) is 0 Å². The second kappa shape index (κ2) is 6.43. The smallest absolute Gasteiger partial charge is 0.126 e. The highest BCUT2D eigenvalue weighted by atomic mass is 79.9. The van der Waals surface area contributed by atoms with Crippen LogP contribution in [-0.4, -0.2) is 0 Å². The monoisotopic (exact) mass is 340 g/mol. The van der Waals surface area contributed by atoms with E-state index in [1.165, 1.54) is 18.2 Å². The fraction of sp³-hybridized carbons (Fsp3) is 0.200. The van der Waals surface area contributed by atoms with Crippen molar-refractivity contribution in [3.8, 4) is 0 Å². The van der Waals surface area contributed by atoms with Gasteiger partial charge in [-0.15, -0.1) is 0 Å². The van der Waals surface area contributed by atoms with Crippen molar-refractivity contribution < 1.29 is 8.78 Å². The molecule has 2 nitrogen and oxygen atoms in total. The summed E-state index contributed by atoms with van der Waals surface area (Å²) in [4.78, 5) is 0. The van der Waals surface area contributed by atoms with Crippen molar-refractivity contribution in [1.29, 1.82) is 0 Å². The maximum Gasteiger partial charge on any atom is 0.126 e. The molecule has 20 heavy (non-hydrogen) atoms. The highest BCUT2D eigenvalue weighted by molar-refractivity contribution is 9.10. The van der Waals surface area contributed by atoms with Crippen LogP contribution < -0.4 is 11.3 Å². The molecule has 0 aliphatic carbocycles. The third-order valence-electron chi connectivity index (χ3n) is 3.15. The van der Waals surface area contributed by atoms with Gasteiger partial charge in [0.05, 0.1) is 0 Å². The summed E-state index contributed by atoms with van der Waals surface area (Å²) in [5.74, 6) is 5.01. The highest BCUT2D eigenvalue weighted by Gasteiger charge is 2.13. The van der Waals surface area contributed by atoms with Gasteiger partial charge in [-0.1, -0.05) is 28.1 Å². The molecule has 1 unspecified atom stereocenters. The SMILES string of the molecule is Cc1cc(C(Cc2cc(F)cc(Br)c2)NN)ccc1F. The van der Waals surface area contributed by atoms with Gasteiger partial charge in [0.25, 0.3) is 0 Å². The molecule has 0 amide bonds. The molecule has 3 N–H and O–H groups in total. The molecule has 2 aromatic carbocycles. The summed E-state index contributed by atoms with van der Waals surface area (Å²) in [7, 11) is 0. The zero-order valence-electron chi connectivity index (χ0n) is 11.0. The summed E-state index contributed by atoms with van der Waals surface area (Å²) >= 11 is 3.26. The van der Waals surface area contributed by atoms with Gasteiger partial charge in [-0.25, -0.2) is 8.78 Å². The minimum absolute atomic E-state index is 0.206. The quantitative estimate of drug-likeness (QED) is 0.656. The third kappa shape index (κ3) is 3.62. The van der Waals surface area contributed by atoms with Gasteiger partial charge in [0.1, 0.15) is 11.6 Å². The first kappa shape index (κ1) is 15.1. The molecule has 2 rings (SSSR count). The predicted molar refractivity (Wildman–Crippen MR) is 79.0 cm³/mol. The van der Waals surface area contributed by atoms with Crippen LogP contribution in [0, 0.1) is 18.6 Å². The molecule has 0 saturated carbocycles. The molecule has 0 fully saturated rings. The Morgan fingerprint density at radius 1 is 1.20 bits per heavy atom. The van der Waals surface area contributed by atoms with E-state index in [9.17, 15) is 8.78 Å². The molecule has 0 heterocycles. The Morgan fingerprint density at radius 2 is 1.95 bits per heavy atom. The average Bonchev–Trinajstić information content (AvgIpc) is 2.38. The Hall–Kier alpha value is -1.30. The molecule has 5 heteroatoms. The van der Waals surface area contributed by atoms with E-state index in [1.807, 2.05) is 6.07 Å². The molecular formula is C15H15BrF2N2. The van der Waals surface area contributed by atoms with Crippen molar-refractivity contribution in [2.45, 2.75) is 19.4 Å². The lowest BCUT2D eigenvalue weighted by Crippen LogP contribution is -2.29. The van der Waals surface area contributed by atoms with Crippen molar-refractivity contribution in [3.05, 3.63) is 69.2 Å². The lowest BCUT2D eigenvalue weighted by molar-refractivity contribution is 0.545. The zero-order valence-corrected chi connectivity index (χ0v) is 12.5. The number of hydrogen-bond acceptors (Lipinski definition) is 2. The van der Waals surface area contributed by atoms with E-state index in [0.29, 0.717) is 16.5 Å². The number of hydrazine groups is 1. The van der Waals surface area contributed by atoms with E-state index < -0.39 is 0 Å². The Morgan fingerprint density at radius 3 is 2.55 bits per heavy atom. The molecule has 0 spiro atoms. The first-order valence-corrected chi connectivity index (χ1v) is 6.96. The van der Waals surface area contributed by atoms with Gasteiger partial charge in [-0.2, -0.15) is 0 Å². The number of halogens is 3. The Kier molecular flexibility index (Phi) is 4.86. The minimum atomic E-state index is -0.305. The lowest BCUT2D eigenvalue weighted by atomic mass is 9.98. The third-order valence-corrected chi connectivity index (χ3v) is 3.61. The Labute approximate surface area is 125 Å². The van der Waals surface area contributed by atoms with Crippen LogP contribution in [0.4, 0.5) is 8.78 Å². The van der Waals surface area contributed by atoms with Crippen molar-refractivity contribution in [3.63, 3.8) is 0 Å². The maximum absolute atomic E-state index is 13.4. The zero-order chi connectivity index (χ0) is 14.7. The number of rotatable bonds is 4.